The van der Waals surface area contributed by atoms with Crippen LogP contribution in [-0.4, -0.2) is 65.7 Å². The van der Waals surface area contributed by atoms with Crippen molar-refractivity contribution < 1.29 is 9.53 Å². The van der Waals surface area contributed by atoms with Crippen LogP contribution in [0, 0.1) is 0 Å². The van der Waals surface area contributed by atoms with E-state index in [1.165, 1.54) is 22.3 Å². The topological polar surface area (TPSA) is 36.0 Å². The maximum Gasteiger partial charge on any atom is 0.410 e. The van der Waals surface area contributed by atoms with E-state index in [4.69, 9.17) is 4.74 Å². The average Bonchev–Trinajstić information content (AvgIpc) is 2.81. The minimum absolute atomic E-state index is 0.225. The number of rotatable bonds is 5. The summed E-state index contributed by atoms with van der Waals surface area (Å²) < 4.78 is 5.49. The van der Waals surface area contributed by atoms with Gasteiger partial charge in [0.2, 0.25) is 0 Å². The minimum Gasteiger partial charge on any atom is -0.444 e. The molecule has 2 heterocycles. The van der Waals surface area contributed by atoms with Gasteiger partial charge in [0.1, 0.15) is 5.60 Å². The Morgan fingerprint density at radius 2 is 1.39 bits per heavy atom. The average molecular weight is 448 g/mol. The Labute approximate surface area is 198 Å². The molecule has 0 atom stereocenters. The quantitative estimate of drug-likeness (QED) is 0.644. The first-order valence-electron chi connectivity index (χ1n) is 12.1. The Bertz CT molecular complexity index is 939. The summed E-state index contributed by atoms with van der Waals surface area (Å²) >= 11 is 0. The normalized spacial score (nSPS) is 18.2. The Morgan fingerprint density at radius 1 is 0.818 bits per heavy atom. The number of carbonyl (C=O) groups excluding carboxylic acids is 1. The molecule has 1 fully saturated rings. The Morgan fingerprint density at radius 3 is 1.91 bits per heavy atom. The third kappa shape index (κ3) is 6.92. The molecule has 1 saturated heterocycles. The molecule has 0 N–H and O–H groups in total. The standard InChI is InChI=1S/C28H37N3O2/c1-28(2,3)33-27(32)31-15-13-26(14-16-31)25-11-9-24(10-12-25)22-30-19-17-29(18-20-30)21-23-7-5-4-6-8-23/h4-13H,14-22H2,1-3H3. The van der Waals surface area contributed by atoms with Crippen LogP contribution in [0.15, 0.2) is 60.7 Å². The van der Waals surface area contributed by atoms with Crippen molar-refractivity contribution in [2.75, 3.05) is 39.3 Å². The molecule has 2 aliphatic heterocycles. The van der Waals surface area contributed by atoms with Gasteiger partial charge in [0.05, 0.1) is 0 Å². The Hall–Kier alpha value is -2.63. The molecule has 0 unspecified atom stereocenters. The van der Waals surface area contributed by atoms with E-state index >= 15 is 0 Å². The summed E-state index contributed by atoms with van der Waals surface area (Å²) in [5.41, 5.74) is 4.88. The number of ether oxygens (including phenoxy) is 1. The molecule has 1 amide bonds. The number of carbonyl (C=O) groups is 1. The van der Waals surface area contributed by atoms with E-state index < -0.39 is 5.60 Å². The van der Waals surface area contributed by atoms with Gasteiger partial charge >= 0.3 is 6.09 Å². The second kappa shape index (κ2) is 10.5. The largest absolute Gasteiger partial charge is 0.444 e. The lowest BCUT2D eigenvalue weighted by atomic mass is 9.98. The molecule has 2 aromatic carbocycles. The van der Waals surface area contributed by atoms with Crippen LogP contribution < -0.4 is 0 Å². The van der Waals surface area contributed by atoms with Gasteiger partial charge in [-0.2, -0.15) is 0 Å². The lowest BCUT2D eigenvalue weighted by Gasteiger charge is -2.34. The van der Waals surface area contributed by atoms with Crippen molar-refractivity contribution in [2.45, 2.75) is 45.9 Å². The first kappa shape index (κ1) is 23.5. The second-order valence-electron chi connectivity index (χ2n) is 10.1. The summed E-state index contributed by atoms with van der Waals surface area (Å²) in [6, 6.07) is 19.7. The lowest BCUT2D eigenvalue weighted by Crippen LogP contribution is -2.45. The van der Waals surface area contributed by atoms with Gasteiger partial charge in [-0.05, 0) is 49.5 Å². The first-order valence-corrected chi connectivity index (χ1v) is 12.1. The first-order chi connectivity index (χ1) is 15.9. The minimum atomic E-state index is -0.453. The Kier molecular flexibility index (Phi) is 7.51. The third-order valence-corrected chi connectivity index (χ3v) is 6.31. The molecule has 33 heavy (non-hydrogen) atoms. The van der Waals surface area contributed by atoms with Gasteiger partial charge in [0.25, 0.3) is 0 Å². The number of nitrogens with zero attached hydrogens (tertiary/aromatic N) is 3. The SMILES string of the molecule is CC(C)(C)OC(=O)N1CC=C(c2ccc(CN3CCN(Cc4ccccc4)CC3)cc2)CC1. The molecule has 5 nitrogen and oxygen atoms in total. The van der Waals surface area contributed by atoms with E-state index in [-0.39, 0.29) is 6.09 Å². The van der Waals surface area contributed by atoms with Crippen molar-refractivity contribution in [3.05, 3.63) is 77.4 Å². The van der Waals surface area contributed by atoms with Gasteiger partial charge in [0, 0.05) is 52.4 Å². The molecule has 0 saturated carbocycles. The van der Waals surface area contributed by atoms with Crippen LogP contribution in [0.4, 0.5) is 4.79 Å². The predicted octanol–water partition coefficient (Wildman–Crippen LogP) is 5.03. The van der Waals surface area contributed by atoms with E-state index in [1.54, 1.807) is 4.90 Å². The molecule has 2 aromatic rings. The van der Waals surface area contributed by atoms with Gasteiger partial charge in [-0.25, -0.2) is 4.79 Å². The highest BCUT2D eigenvalue weighted by molar-refractivity contribution is 5.72. The van der Waals surface area contributed by atoms with Gasteiger partial charge in [-0.3, -0.25) is 9.80 Å². The fourth-order valence-electron chi connectivity index (χ4n) is 4.45. The van der Waals surface area contributed by atoms with Crippen LogP contribution in [0.1, 0.15) is 43.9 Å². The van der Waals surface area contributed by atoms with Crippen LogP contribution in [-0.2, 0) is 17.8 Å². The third-order valence-electron chi connectivity index (χ3n) is 6.31. The number of hydrogen-bond donors (Lipinski definition) is 0. The molecule has 176 valence electrons. The molecule has 0 radical (unpaired) electrons. The molecule has 4 rings (SSSR count). The summed E-state index contributed by atoms with van der Waals surface area (Å²) in [5.74, 6) is 0. The zero-order chi connectivity index (χ0) is 23.3. The van der Waals surface area contributed by atoms with Crippen molar-refractivity contribution in [3.8, 4) is 0 Å². The summed E-state index contributed by atoms with van der Waals surface area (Å²) in [6.45, 7) is 13.5. The number of amides is 1. The van der Waals surface area contributed by atoms with Crippen LogP contribution in [0.2, 0.25) is 0 Å². The molecule has 0 aromatic heterocycles. The van der Waals surface area contributed by atoms with Crippen LogP contribution in [0.5, 0.6) is 0 Å². The highest BCUT2D eigenvalue weighted by atomic mass is 16.6. The number of benzene rings is 2. The van der Waals surface area contributed by atoms with Gasteiger partial charge in [-0.15, -0.1) is 0 Å². The lowest BCUT2D eigenvalue weighted by molar-refractivity contribution is 0.0270. The smallest absolute Gasteiger partial charge is 0.410 e. The molecule has 0 spiro atoms. The number of piperazine rings is 1. The van der Waals surface area contributed by atoms with Gasteiger partial charge in [-0.1, -0.05) is 60.7 Å². The highest BCUT2D eigenvalue weighted by Crippen LogP contribution is 2.24. The van der Waals surface area contributed by atoms with Gasteiger partial charge < -0.3 is 9.64 Å². The zero-order valence-electron chi connectivity index (χ0n) is 20.3. The van der Waals surface area contributed by atoms with Crippen molar-refractivity contribution >= 4 is 11.7 Å². The fraction of sp³-hybridized carbons (Fsp3) is 0.464. The summed E-state index contributed by atoms with van der Waals surface area (Å²) in [7, 11) is 0. The Balaban J connectivity index is 1.24. The summed E-state index contributed by atoms with van der Waals surface area (Å²) in [4.78, 5) is 19.1. The molecule has 2 aliphatic rings. The van der Waals surface area contributed by atoms with Crippen molar-refractivity contribution in [3.63, 3.8) is 0 Å². The van der Waals surface area contributed by atoms with E-state index in [9.17, 15) is 4.79 Å². The second-order valence-corrected chi connectivity index (χ2v) is 10.1. The number of hydrogen-bond acceptors (Lipinski definition) is 4. The molecule has 0 aliphatic carbocycles. The zero-order valence-corrected chi connectivity index (χ0v) is 20.3. The van der Waals surface area contributed by atoms with Crippen molar-refractivity contribution in [2.24, 2.45) is 0 Å². The summed E-state index contributed by atoms with van der Waals surface area (Å²) in [6.07, 6.45) is 2.80. The van der Waals surface area contributed by atoms with E-state index in [1.807, 2.05) is 20.8 Å². The van der Waals surface area contributed by atoms with Crippen LogP contribution in [0.3, 0.4) is 0 Å². The predicted molar refractivity (Wildman–Crippen MR) is 134 cm³/mol. The van der Waals surface area contributed by atoms with E-state index in [0.717, 1.165) is 45.7 Å². The monoisotopic (exact) mass is 447 g/mol. The maximum absolute atomic E-state index is 12.3. The van der Waals surface area contributed by atoms with Gasteiger partial charge in [0.15, 0.2) is 0 Å². The molecule has 5 heteroatoms. The van der Waals surface area contributed by atoms with Crippen molar-refractivity contribution in [1.82, 2.24) is 14.7 Å². The molecular weight excluding hydrogens is 410 g/mol. The molecular formula is C28H37N3O2. The maximum atomic E-state index is 12.3. The van der Waals surface area contributed by atoms with Crippen LogP contribution in [0.25, 0.3) is 5.57 Å². The van der Waals surface area contributed by atoms with Crippen LogP contribution >= 0.6 is 0 Å². The highest BCUT2D eigenvalue weighted by Gasteiger charge is 2.24. The van der Waals surface area contributed by atoms with E-state index in [2.05, 4.69) is 70.5 Å². The molecule has 0 bridgehead atoms. The van der Waals surface area contributed by atoms with E-state index in [0.29, 0.717) is 13.1 Å². The summed E-state index contributed by atoms with van der Waals surface area (Å²) in [5, 5.41) is 0. The fourth-order valence-corrected chi connectivity index (χ4v) is 4.45. The van der Waals surface area contributed by atoms with Crippen molar-refractivity contribution in [1.29, 1.82) is 0 Å².